The number of amides is 1. The predicted molar refractivity (Wildman–Crippen MR) is 98.1 cm³/mol. The third-order valence-electron chi connectivity index (χ3n) is 4.51. The molecule has 1 amide bonds. The Balaban J connectivity index is 2.14. The highest BCUT2D eigenvalue weighted by Gasteiger charge is 2.40. The number of carbonyl (C=O) groups excluding carboxylic acids is 1. The molecule has 3 atom stereocenters. The average Bonchev–Trinajstić information content (AvgIpc) is 2.59. The largest absolute Gasteiger partial charge is 0.368 e. The monoisotopic (exact) mass is 389 g/mol. The van der Waals surface area contributed by atoms with Crippen molar-refractivity contribution in [2.75, 3.05) is 31.1 Å². The Kier molecular flexibility index (Phi) is 7.21. The number of anilines is 1. The van der Waals surface area contributed by atoms with Crippen LogP contribution in [-0.2, 0) is 15.9 Å². The maximum absolute atomic E-state index is 12.0. The molecular weight excluding hydrogens is 366 g/mol. The molecule has 1 heterocycles. The minimum Gasteiger partial charge on any atom is -0.368 e. The van der Waals surface area contributed by atoms with Crippen LogP contribution in [0.2, 0.25) is 5.02 Å². The molecule has 0 aromatic heterocycles. The van der Waals surface area contributed by atoms with E-state index in [0.717, 1.165) is 5.69 Å². The molecule has 0 bridgehead atoms. The molecule has 140 valence electrons. The minimum atomic E-state index is -2.22. The number of benzene rings is 1. The maximum Gasteiger partial charge on any atom is 0.249 e. The molecule has 25 heavy (non-hydrogen) atoms. The van der Waals surface area contributed by atoms with Crippen LogP contribution in [0.5, 0.6) is 0 Å². The van der Waals surface area contributed by atoms with Gasteiger partial charge in [-0.15, -0.1) is 0 Å². The van der Waals surface area contributed by atoms with Crippen LogP contribution in [-0.4, -0.2) is 56.3 Å². The van der Waals surface area contributed by atoms with E-state index in [2.05, 4.69) is 4.90 Å². The molecule has 1 fully saturated rings. The molecule has 1 aromatic carbocycles. The van der Waals surface area contributed by atoms with E-state index in [1.165, 1.54) is 0 Å². The number of piperazine rings is 1. The first-order chi connectivity index (χ1) is 11.9. The van der Waals surface area contributed by atoms with Gasteiger partial charge in [-0.2, -0.15) is 0 Å². The summed E-state index contributed by atoms with van der Waals surface area (Å²) in [7, 11) is 0. The van der Waals surface area contributed by atoms with Gasteiger partial charge in [0.15, 0.2) is 11.1 Å². The van der Waals surface area contributed by atoms with Crippen LogP contribution in [0.3, 0.4) is 0 Å². The zero-order valence-corrected chi connectivity index (χ0v) is 15.8. The molecule has 1 aliphatic heterocycles. The van der Waals surface area contributed by atoms with Crippen molar-refractivity contribution in [1.82, 2.24) is 10.4 Å². The normalized spacial score (nSPS) is 19.5. The molecule has 0 aliphatic carbocycles. The smallest absolute Gasteiger partial charge is 0.249 e. The van der Waals surface area contributed by atoms with Crippen molar-refractivity contribution in [3.8, 4) is 0 Å². The summed E-state index contributed by atoms with van der Waals surface area (Å²) >= 11 is 4.01. The fourth-order valence-electron chi connectivity index (χ4n) is 3.24. The Morgan fingerprint density at radius 3 is 2.32 bits per heavy atom. The molecule has 1 aliphatic rings. The number of hydrogen-bond acceptors (Lipinski definition) is 5. The van der Waals surface area contributed by atoms with Gasteiger partial charge < -0.3 is 9.45 Å². The van der Waals surface area contributed by atoms with E-state index in [0.29, 0.717) is 31.2 Å². The molecule has 7 nitrogen and oxygen atoms in total. The molecule has 3 N–H and O–H groups in total. The Labute approximate surface area is 155 Å². The highest BCUT2D eigenvalue weighted by molar-refractivity contribution is 7.79. The fourth-order valence-corrected chi connectivity index (χ4v) is 4.65. The molecule has 0 radical (unpaired) electrons. The van der Waals surface area contributed by atoms with Crippen molar-refractivity contribution in [2.24, 2.45) is 11.8 Å². The first-order valence-corrected chi connectivity index (χ1v) is 9.68. The second-order valence-corrected chi connectivity index (χ2v) is 7.83. The zero-order valence-electron chi connectivity index (χ0n) is 14.3. The molecule has 3 unspecified atom stereocenters. The van der Waals surface area contributed by atoms with Gasteiger partial charge in [-0.05, 0) is 18.1 Å². The summed E-state index contributed by atoms with van der Waals surface area (Å²) in [6.07, 6.45) is 0. The van der Waals surface area contributed by atoms with Crippen LogP contribution in [0.25, 0.3) is 0 Å². The predicted octanol–water partition coefficient (Wildman–Crippen LogP) is 1.79. The van der Waals surface area contributed by atoms with Gasteiger partial charge in [0.1, 0.15) is 5.37 Å². The molecule has 1 saturated heterocycles. The first kappa shape index (κ1) is 20.1. The summed E-state index contributed by atoms with van der Waals surface area (Å²) in [5.41, 5.74) is 2.55. The molecular formula is C16H24ClN3O4S. The highest BCUT2D eigenvalue weighted by atomic mass is 35.5. The number of nitrogens with one attached hydrogen (secondary N) is 1. The quantitative estimate of drug-likeness (QED) is 0.390. The summed E-state index contributed by atoms with van der Waals surface area (Å²) in [5.74, 6) is -1.63. The summed E-state index contributed by atoms with van der Waals surface area (Å²) in [6, 6.07) is 7.55. The van der Waals surface area contributed by atoms with Crippen LogP contribution < -0.4 is 10.4 Å². The number of para-hydroxylation sites is 1. The van der Waals surface area contributed by atoms with Gasteiger partial charge in [0.2, 0.25) is 5.91 Å². The molecule has 0 spiro atoms. The standard InChI is InChI=1S/C16H24ClN3O4S/c1-11(2)14(15(21)18-22)16(25(23)24)20-9-7-19(8-10-20)13-6-4-3-5-12(13)17/h3-6,11,14,16,22H,7-10H2,1-2H3,(H,18,21)(H,23,24). The van der Waals surface area contributed by atoms with Crippen molar-refractivity contribution in [3.05, 3.63) is 29.3 Å². The zero-order chi connectivity index (χ0) is 18.6. The summed E-state index contributed by atoms with van der Waals surface area (Å²) in [5, 5.41) is 8.77. The van der Waals surface area contributed by atoms with Crippen molar-refractivity contribution in [1.29, 1.82) is 0 Å². The Hall–Kier alpha value is -1.19. The van der Waals surface area contributed by atoms with E-state index in [-0.39, 0.29) is 5.92 Å². The van der Waals surface area contributed by atoms with Crippen molar-refractivity contribution >= 4 is 34.3 Å². The van der Waals surface area contributed by atoms with E-state index < -0.39 is 28.3 Å². The van der Waals surface area contributed by atoms with E-state index in [1.807, 2.05) is 29.2 Å². The lowest BCUT2D eigenvalue weighted by molar-refractivity contribution is -0.136. The van der Waals surface area contributed by atoms with Crippen LogP contribution in [0.15, 0.2) is 24.3 Å². The molecule has 1 aromatic rings. The highest BCUT2D eigenvalue weighted by Crippen LogP contribution is 2.28. The van der Waals surface area contributed by atoms with Gasteiger partial charge in [0.05, 0.1) is 16.6 Å². The third kappa shape index (κ3) is 4.71. The fraction of sp³-hybridized carbons (Fsp3) is 0.562. The lowest BCUT2D eigenvalue weighted by Crippen LogP contribution is -2.57. The molecule has 9 heteroatoms. The van der Waals surface area contributed by atoms with Crippen LogP contribution in [0.4, 0.5) is 5.69 Å². The molecule has 2 rings (SSSR count). The number of hydroxylamine groups is 1. The second kappa shape index (κ2) is 8.95. The summed E-state index contributed by atoms with van der Waals surface area (Å²) in [6.45, 7) is 5.87. The Morgan fingerprint density at radius 1 is 1.24 bits per heavy atom. The van der Waals surface area contributed by atoms with Gasteiger partial charge in [0.25, 0.3) is 0 Å². The number of carbonyl (C=O) groups is 1. The van der Waals surface area contributed by atoms with Gasteiger partial charge in [-0.1, -0.05) is 37.6 Å². The minimum absolute atomic E-state index is 0.199. The lowest BCUT2D eigenvalue weighted by Gasteiger charge is -2.41. The first-order valence-electron chi connectivity index (χ1n) is 8.14. The maximum atomic E-state index is 12.0. The van der Waals surface area contributed by atoms with E-state index in [9.17, 15) is 13.6 Å². The number of hydrogen-bond donors (Lipinski definition) is 3. The van der Waals surface area contributed by atoms with E-state index in [4.69, 9.17) is 16.8 Å². The van der Waals surface area contributed by atoms with Crippen LogP contribution in [0, 0.1) is 11.8 Å². The summed E-state index contributed by atoms with van der Waals surface area (Å²) in [4.78, 5) is 16.0. The van der Waals surface area contributed by atoms with Gasteiger partial charge in [-0.25, -0.2) is 9.69 Å². The van der Waals surface area contributed by atoms with Gasteiger partial charge in [0, 0.05) is 26.2 Å². The number of halogens is 1. The van der Waals surface area contributed by atoms with E-state index in [1.54, 1.807) is 19.3 Å². The topological polar surface area (TPSA) is 93.1 Å². The van der Waals surface area contributed by atoms with Crippen molar-refractivity contribution in [2.45, 2.75) is 19.2 Å². The SMILES string of the molecule is CC(C)C(C(=O)NO)C(N1CCN(c2ccccc2Cl)CC1)S(=O)O. The van der Waals surface area contributed by atoms with Gasteiger partial charge >= 0.3 is 0 Å². The lowest BCUT2D eigenvalue weighted by atomic mass is 9.93. The third-order valence-corrected chi connectivity index (χ3v) is 5.84. The summed E-state index contributed by atoms with van der Waals surface area (Å²) < 4.78 is 21.7. The Morgan fingerprint density at radius 2 is 1.84 bits per heavy atom. The average molecular weight is 390 g/mol. The number of nitrogens with zero attached hydrogens (tertiary/aromatic N) is 2. The Bertz CT molecular complexity index is 623. The number of rotatable bonds is 6. The molecule has 0 saturated carbocycles. The van der Waals surface area contributed by atoms with Crippen molar-refractivity contribution < 1.29 is 18.8 Å². The van der Waals surface area contributed by atoms with E-state index >= 15 is 0 Å². The second-order valence-electron chi connectivity index (χ2n) is 6.39. The van der Waals surface area contributed by atoms with Gasteiger partial charge in [-0.3, -0.25) is 14.9 Å². The van der Waals surface area contributed by atoms with Crippen molar-refractivity contribution in [3.63, 3.8) is 0 Å². The van der Waals surface area contributed by atoms with Crippen LogP contribution in [0.1, 0.15) is 13.8 Å². The van der Waals surface area contributed by atoms with Crippen LogP contribution >= 0.6 is 11.6 Å².